The van der Waals surface area contributed by atoms with Gasteiger partial charge < -0.3 is 9.84 Å². The van der Waals surface area contributed by atoms with Crippen LogP contribution >= 0.6 is 34.2 Å². The lowest BCUT2D eigenvalue weighted by atomic mass is 10.1. The molecule has 138 valence electrons. The van der Waals surface area contributed by atoms with E-state index in [0.29, 0.717) is 14.2 Å². The van der Waals surface area contributed by atoms with Crippen LogP contribution in [0.3, 0.4) is 0 Å². The lowest BCUT2D eigenvalue weighted by Crippen LogP contribution is -2.54. The molecule has 0 aromatic heterocycles. The summed E-state index contributed by atoms with van der Waals surface area (Å²) in [4.78, 5) is 38.0. The number of phenolic OH excluding ortho intramolecular Hbond substituents is 1. The van der Waals surface area contributed by atoms with Crippen LogP contribution in [0.5, 0.6) is 11.5 Å². The maximum Gasteiger partial charge on any atom is 0.335 e. The molecule has 4 amide bonds. The summed E-state index contributed by atoms with van der Waals surface area (Å²) in [6, 6.07) is 8.36. The second kappa shape index (κ2) is 7.57. The average molecular weight is 499 g/mol. The van der Waals surface area contributed by atoms with Gasteiger partial charge in [-0.1, -0.05) is 17.7 Å². The number of carbonyl (C=O) groups excluding carboxylic acids is 3. The molecule has 0 unspecified atom stereocenters. The molecule has 0 saturated carbocycles. The van der Waals surface area contributed by atoms with E-state index in [1.165, 1.54) is 31.4 Å². The van der Waals surface area contributed by atoms with Crippen molar-refractivity contribution in [1.29, 1.82) is 0 Å². The number of hydrogen-bond acceptors (Lipinski definition) is 5. The Morgan fingerprint density at radius 3 is 2.63 bits per heavy atom. The molecule has 1 saturated heterocycles. The van der Waals surface area contributed by atoms with E-state index in [1.807, 2.05) is 22.6 Å². The Hall–Kier alpha value is -2.59. The predicted octanol–water partition coefficient (Wildman–Crippen LogP) is 3.33. The zero-order chi connectivity index (χ0) is 19.7. The topological polar surface area (TPSA) is 95.9 Å². The highest BCUT2D eigenvalue weighted by molar-refractivity contribution is 14.1. The number of hydrogen-bond donors (Lipinski definition) is 2. The summed E-state index contributed by atoms with van der Waals surface area (Å²) in [5, 5.41) is 12.4. The zero-order valence-corrected chi connectivity index (χ0v) is 16.7. The Balaban J connectivity index is 2.06. The Kier molecular flexibility index (Phi) is 5.38. The summed E-state index contributed by atoms with van der Waals surface area (Å²) < 4.78 is 5.56. The minimum Gasteiger partial charge on any atom is -0.504 e. The number of amides is 4. The lowest BCUT2D eigenvalue weighted by Gasteiger charge is -2.26. The first kappa shape index (κ1) is 19.2. The number of ether oxygens (including phenoxy) is 1. The number of methoxy groups -OCH3 is 1. The molecule has 2 aromatic carbocycles. The summed E-state index contributed by atoms with van der Waals surface area (Å²) in [6.07, 6.45) is 1.33. The summed E-state index contributed by atoms with van der Waals surface area (Å²) in [5.74, 6) is -1.45. The molecule has 2 N–H and O–H groups in total. The minimum absolute atomic E-state index is 0.0459. The molecule has 1 fully saturated rings. The molecule has 1 aliphatic rings. The highest BCUT2D eigenvalue weighted by Gasteiger charge is 2.36. The van der Waals surface area contributed by atoms with Crippen molar-refractivity contribution in [3.05, 3.63) is 56.1 Å². The van der Waals surface area contributed by atoms with Gasteiger partial charge in [-0.2, -0.15) is 0 Å². The molecule has 1 heterocycles. The molecule has 1 aliphatic heterocycles. The van der Waals surface area contributed by atoms with Gasteiger partial charge in [-0.25, -0.2) is 9.69 Å². The van der Waals surface area contributed by atoms with E-state index in [-0.39, 0.29) is 22.8 Å². The monoisotopic (exact) mass is 498 g/mol. The number of barbiturate groups is 1. The lowest BCUT2D eigenvalue weighted by molar-refractivity contribution is -0.122. The number of halogens is 2. The number of rotatable bonds is 3. The first-order valence-electron chi connectivity index (χ1n) is 7.55. The molecule has 0 bridgehead atoms. The quantitative estimate of drug-likeness (QED) is 0.385. The number of nitrogens with zero attached hydrogens (tertiary/aromatic N) is 1. The van der Waals surface area contributed by atoms with Crippen molar-refractivity contribution in [2.75, 3.05) is 12.0 Å². The van der Waals surface area contributed by atoms with Crippen molar-refractivity contribution >= 4 is 63.8 Å². The van der Waals surface area contributed by atoms with E-state index >= 15 is 0 Å². The fraction of sp³-hybridized carbons (Fsp3) is 0.0556. The molecule has 9 heteroatoms. The number of nitrogens with one attached hydrogen (secondary N) is 1. The Bertz CT molecular complexity index is 1010. The van der Waals surface area contributed by atoms with Gasteiger partial charge in [0.2, 0.25) is 0 Å². The summed E-state index contributed by atoms with van der Waals surface area (Å²) in [5.41, 5.74) is 0.451. The van der Waals surface area contributed by atoms with Crippen LogP contribution in [-0.4, -0.2) is 30.1 Å². The molecular weight excluding hydrogens is 487 g/mol. The van der Waals surface area contributed by atoms with E-state index in [1.54, 1.807) is 18.2 Å². The van der Waals surface area contributed by atoms with Crippen molar-refractivity contribution in [3.8, 4) is 11.5 Å². The van der Waals surface area contributed by atoms with E-state index in [0.717, 1.165) is 4.90 Å². The third-order valence-electron chi connectivity index (χ3n) is 3.75. The molecule has 0 radical (unpaired) electrons. The molecule has 3 rings (SSSR count). The van der Waals surface area contributed by atoms with Gasteiger partial charge in [0.05, 0.1) is 16.4 Å². The van der Waals surface area contributed by atoms with E-state index in [4.69, 9.17) is 16.3 Å². The Labute approximate surface area is 172 Å². The molecular formula is C18H12ClIN2O5. The maximum atomic E-state index is 12.8. The smallest absolute Gasteiger partial charge is 0.335 e. The van der Waals surface area contributed by atoms with Crippen LogP contribution in [0.2, 0.25) is 5.02 Å². The number of anilines is 1. The third-order valence-corrected chi connectivity index (χ3v) is 4.81. The van der Waals surface area contributed by atoms with Crippen LogP contribution in [0.25, 0.3) is 6.08 Å². The van der Waals surface area contributed by atoms with Gasteiger partial charge in [-0.15, -0.1) is 0 Å². The summed E-state index contributed by atoms with van der Waals surface area (Å²) in [6.45, 7) is 0. The van der Waals surface area contributed by atoms with E-state index in [9.17, 15) is 19.5 Å². The zero-order valence-electron chi connectivity index (χ0n) is 13.8. The van der Waals surface area contributed by atoms with Crippen molar-refractivity contribution in [2.24, 2.45) is 0 Å². The predicted molar refractivity (Wildman–Crippen MR) is 108 cm³/mol. The number of carbonyl (C=O) groups is 3. The van der Waals surface area contributed by atoms with Gasteiger partial charge in [-0.3, -0.25) is 14.9 Å². The third kappa shape index (κ3) is 3.76. The van der Waals surface area contributed by atoms with Crippen molar-refractivity contribution in [3.63, 3.8) is 0 Å². The fourth-order valence-electron chi connectivity index (χ4n) is 2.51. The van der Waals surface area contributed by atoms with Crippen molar-refractivity contribution < 1.29 is 24.2 Å². The number of phenols is 1. The van der Waals surface area contributed by atoms with Gasteiger partial charge in [0, 0.05) is 5.02 Å². The first-order valence-corrected chi connectivity index (χ1v) is 9.01. The van der Waals surface area contributed by atoms with Gasteiger partial charge in [0.1, 0.15) is 5.57 Å². The normalized spacial score (nSPS) is 15.9. The number of aromatic hydroxyl groups is 1. The van der Waals surface area contributed by atoms with Crippen LogP contribution in [0.1, 0.15) is 5.56 Å². The van der Waals surface area contributed by atoms with E-state index in [2.05, 4.69) is 5.32 Å². The van der Waals surface area contributed by atoms with E-state index < -0.39 is 17.8 Å². The first-order chi connectivity index (χ1) is 12.8. The fourth-order valence-corrected chi connectivity index (χ4v) is 3.32. The number of benzene rings is 2. The van der Waals surface area contributed by atoms with Crippen molar-refractivity contribution in [1.82, 2.24) is 5.32 Å². The molecule has 0 spiro atoms. The second-order valence-electron chi connectivity index (χ2n) is 5.49. The molecule has 2 aromatic rings. The Morgan fingerprint density at radius 2 is 1.96 bits per heavy atom. The van der Waals surface area contributed by atoms with Gasteiger partial charge in [0.25, 0.3) is 11.8 Å². The van der Waals surface area contributed by atoms with Crippen LogP contribution in [-0.2, 0) is 9.59 Å². The maximum absolute atomic E-state index is 12.8. The molecule has 27 heavy (non-hydrogen) atoms. The second-order valence-corrected chi connectivity index (χ2v) is 7.09. The molecule has 0 aliphatic carbocycles. The van der Waals surface area contributed by atoms with Gasteiger partial charge >= 0.3 is 6.03 Å². The number of imide groups is 2. The largest absolute Gasteiger partial charge is 0.504 e. The van der Waals surface area contributed by atoms with Crippen LogP contribution in [0, 0.1) is 3.57 Å². The summed E-state index contributed by atoms with van der Waals surface area (Å²) >= 11 is 7.83. The molecule has 0 atom stereocenters. The SMILES string of the molecule is COc1cc(/C=C2\C(=O)NC(=O)N(c3cccc(Cl)c3)C2=O)cc(I)c1O. The standard InChI is InChI=1S/C18H12ClIN2O5/c1-27-14-7-9(6-13(20)15(14)23)5-12-16(24)21-18(26)22(17(12)25)11-4-2-3-10(19)8-11/h2-8,23H,1H3,(H,21,24,26)/b12-5+. The van der Waals surface area contributed by atoms with Crippen LogP contribution in [0.15, 0.2) is 42.0 Å². The van der Waals surface area contributed by atoms with Crippen molar-refractivity contribution in [2.45, 2.75) is 0 Å². The van der Waals surface area contributed by atoms with Crippen LogP contribution < -0.4 is 15.0 Å². The molecule has 7 nitrogen and oxygen atoms in total. The highest BCUT2D eigenvalue weighted by Crippen LogP contribution is 2.33. The minimum atomic E-state index is -0.859. The average Bonchev–Trinajstić information content (AvgIpc) is 2.61. The Morgan fingerprint density at radius 1 is 1.22 bits per heavy atom. The van der Waals surface area contributed by atoms with Gasteiger partial charge in [-0.05, 0) is 64.6 Å². The summed E-state index contributed by atoms with van der Waals surface area (Å²) in [7, 11) is 1.39. The number of urea groups is 1. The highest BCUT2D eigenvalue weighted by atomic mass is 127. The van der Waals surface area contributed by atoms with Gasteiger partial charge in [0.15, 0.2) is 11.5 Å². The van der Waals surface area contributed by atoms with Crippen LogP contribution in [0.4, 0.5) is 10.5 Å².